The smallest absolute Gasteiger partial charge is 0.265 e. The number of nitrogens with one attached hydrogen (secondary N) is 1. The molecule has 20 heavy (non-hydrogen) atoms. The van der Waals surface area contributed by atoms with Crippen molar-refractivity contribution < 1.29 is 21.6 Å². The number of sulfonamides is 1. The van der Waals surface area contributed by atoms with Crippen molar-refractivity contribution in [3.63, 3.8) is 0 Å². The molecule has 0 aromatic heterocycles. The van der Waals surface area contributed by atoms with E-state index >= 15 is 0 Å². The summed E-state index contributed by atoms with van der Waals surface area (Å²) in [5, 5.41) is 0. The lowest BCUT2D eigenvalue weighted by Crippen LogP contribution is -2.18. The van der Waals surface area contributed by atoms with Crippen LogP contribution >= 0.6 is 10.7 Å². The molecule has 9 heteroatoms. The van der Waals surface area contributed by atoms with Crippen molar-refractivity contribution in [1.29, 1.82) is 0 Å². The van der Waals surface area contributed by atoms with E-state index in [1.54, 1.807) is 0 Å². The van der Waals surface area contributed by atoms with E-state index in [2.05, 4.69) is 4.72 Å². The van der Waals surface area contributed by atoms with Crippen molar-refractivity contribution in [2.75, 3.05) is 17.6 Å². The summed E-state index contributed by atoms with van der Waals surface area (Å²) in [6.07, 6.45) is 1.82. The number of hydrogen-bond donors (Lipinski definition) is 1. The number of rotatable bonds is 6. The zero-order valence-corrected chi connectivity index (χ0v) is 13.1. The van der Waals surface area contributed by atoms with Gasteiger partial charge in [0.2, 0.25) is 10.0 Å². The maximum atomic E-state index is 11.8. The summed E-state index contributed by atoms with van der Waals surface area (Å²) in [5.74, 6) is 0.300. The number of hydrogen-bond acceptors (Lipinski definition) is 5. The molecule has 0 atom stereocenters. The molecule has 1 saturated carbocycles. The Balaban J connectivity index is 2.29. The minimum Gasteiger partial charge on any atom is -0.495 e. The lowest BCUT2D eigenvalue weighted by atomic mass is 10.3. The minimum absolute atomic E-state index is 0.0436. The van der Waals surface area contributed by atoms with Gasteiger partial charge < -0.3 is 4.74 Å². The number of methoxy groups -OCH3 is 1. The Labute approximate surface area is 122 Å². The van der Waals surface area contributed by atoms with Crippen molar-refractivity contribution in [3.8, 4) is 5.75 Å². The average Bonchev–Trinajstić information content (AvgIpc) is 3.10. The van der Waals surface area contributed by atoms with E-state index in [-0.39, 0.29) is 28.0 Å². The third-order valence-corrected chi connectivity index (χ3v) is 5.65. The monoisotopic (exact) mass is 339 g/mol. The summed E-state index contributed by atoms with van der Waals surface area (Å²) in [7, 11) is -0.905. The molecule has 112 valence electrons. The largest absolute Gasteiger partial charge is 0.495 e. The Hall–Kier alpha value is -0.990. The van der Waals surface area contributed by atoms with Gasteiger partial charge in [-0.15, -0.1) is 0 Å². The summed E-state index contributed by atoms with van der Waals surface area (Å²) >= 11 is 0. The molecule has 1 N–H and O–H groups in total. The van der Waals surface area contributed by atoms with E-state index in [1.807, 2.05) is 0 Å². The molecule has 0 spiro atoms. The zero-order valence-electron chi connectivity index (χ0n) is 10.7. The van der Waals surface area contributed by atoms with Gasteiger partial charge >= 0.3 is 0 Å². The summed E-state index contributed by atoms with van der Waals surface area (Å²) in [5.41, 5.74) is 0.144. The molecule has 1 aromatic carbocycles. The third-order valence-electron chi connectivity index (χ3n) is 2.85. The number of anilines is 1. The molecule has 1 aliphatic rings. The highest BCUT2D eigenvalue weighted by molar-refractivity contribution is 8.13. The summed E-state index contributed by atoms with van der Waals surface area (Å²) < 4.78 is 53.8. The number of ether oxygens (including phenoxy) is 1. The summed E-state index contributed by atoms with van der Waals surface area (Å²) in [6.45, 7) is 0. The quantitative estimate of drug-likeness (QED) is 0.798. The van der Waals surface area contributed by atoms with Gasteiger partial charge in [-0.05, 0) is 37.0 Å². The van der Waals surface area contributed by atoms with E-state index in [9.17, 15) is 16.8 Å². The molecular formula is C11H14ClNO5S2. The Morgan fingerprint density at radius 2 is 1.95 bits per heavy atom. The highest BCUT2D eigenvalue weighted by Crippen LogP contribution is 2.32. The fourth-order valence-electron chi connectivity index (χ4n) is 1.75. The van der Waals surface area contributed by atoms with Crippen LogP contribution in [0.3, 0.4) is 0 Å². The van der Waals surface area contributed by atoms with Crippen LogP contribution in [-0.4, -0.2) is 29.7 Å². The van der Waals surface area contributed by atoms with Crippen LogP contribution in [0.15, 0.2) is 23.1 Å². The van der Waals surface area contributed by atoms with Gasteiger partial charge in [-0.1, -0.05) is 0 Å². The highest BCUT2D eigenvalue weighted by Gasteiger charge is 2.28. The van der Waals surface area contributed by atoms with Gasteiger partial charge in [-0.25, -0.2) is 16.8 Å². The summed E-state index contributed by atoms with van der Waals surface area (Å²) in [4.78, 5) is -0.270. The predicted octanol–water partition coefficient (Wildman–Crippen LogP) is 1.77. The Morgan fingerprint density at radius 1 is 1.30 bits per heavy atom. The van der Waals surface area contributed by atoms with Crippen LogP contribution in [0.25, 0.3) is 0 Å². The second-order valence-corrected chi connectivity index (χ2v) is 8.93. The van der Waals surface area contributed by atoms with Gasteiger partial charge in [0.15, 0.2) is 0 Å². The third kappa shape index (κ3) is 4.00. The van der Waals surface area contributed by atoms with Crippen molar-refractivity contribution >= 4 is 35.4 Å². The first-order chi connectivity index (χ1) is 9.21. The molecule has 0 aliphatic heterocycles. The standard InChI is InChI=1S/C11H14ClNO5S2/c1-18-10-5-4-9(6-11(10)20(12,16)17)13-19(14,15)7-8-2-3-8/h4-6,8,13H,2-3,7H2,1H3. The predicted molar refractivity (Wildman–Crippen MR) is 76.2 cm³/mol. The van der Waals surface area contributed by atoms with Gasteiger partial charge in [-0.2, -0.15) is 0 Å². The second kappa shape index (κ2) is 5.42. The minimum atomic E-state index is -4.02. The summed E-state index contributed by atoms with van der Waals surface area (Å²) in [6, 6.07) is 3.92. The molecule has 0 bridgehead atoms. The van der Waals surface area contributed by atoms with E-state index < -0.39 is 19.1 Å². The lowest BCUT2D eigenvalue weighted by molar-refractivity contribution is 0.403. The van der Waals surface area contributed by atoms with Crippen LogP contribution in [-0.2, 0) is 19.1 Å². The van der Waals surface area contributed by atoms with Crippen LogP contribution < -0.4 is 9.46 Å². The molecule has 1 aromatic rings. The first-order valence-electron chi connectivity index (χ1n) is 5.84. The molecule has 0 unspecified atom stereocenters. The van der Waals surface area contributed by atoms with Crippen molar-refractivity contribution in [2.45, 2.75) is 17.7 Å². The van der Waals surface area contributed by atoms with Gasteiger partial charge in [0.25, 0.3) is 9.05 Å². The Morgan fingerprint density at radius 3 is 2.45 bits per heavy atom. The van der Waals surface area contributed by atoms with E-state index in [1.165, 1.54) is 19.2 Å². The molecule has 0 heterocycles. The SMILES string of the molecule is COc1ccc(NS(=O)(=O)CC2CC2)cc1S(=O)(=O)Cl. The molecule has 1 fully saturated rings. The van der Waals surface area contributed by atoms with Crippen LogP contribution in [0.1, 0.15) is 12.8 Å². The lowest BCUT2D eigenvalue weighted by Gasteiger charge is -2.10. The van der Waals surface area contributed by atoms with Crippen molar-refractivity contribution in [1.82, 2.24) is 0 Å². The fraction of sp³-hybridized carbons (Fsp3) is 0.455. The van der Waals surface area contributed by atoms with Gasteiger partial charge in [-0.3, -0.25) is 4.72 Å². The fourth-order valence-corrected chi connectivity index (χ4v) is 4.29. The maximum Gasteiger partial charge on any atom is 0.265 e. The van der Waals surface area contributed by atoms with Crippen molar-refractivity contribution in [2.24, 2.45) is 5.92 Å². The van der Waals surface area contributed by atoms with Gasteiger partial charge in [0.1, 0.15) is 10.6 Å². The van der Waals surface area contributed by atoms with Crippen LogP contribution in [0.5, 0.6) is 5.75 Å². The maximum absolute atomic E-state index is 11.8. The average molecular weight is 340 g/mol. The topological polar surface area (TPSA) is 89.5 Å². The molecule has 2 rings (SSSR count). The Bertz CT molecular complexity index is 710. The molecule has 0 amide bonds. The first kappa shape index (κ1) is 15.4. The van der Waals surface area contributed by atoms with Crippen molar-refractivity contribution in [3.05, 3.63) is 18.2 Å². The normalized spacial score (nSPS) is 15.9. The molecule has 0 saturated heterocycles. The zero-order chi connectivity index (χ0) is 15.0. The molecular weight excluding hydrogens is 326 g/mol. The van der Waals surface area contributed by atoms with E-state index in [0.29, 0.717) is 0 Å². The van der Waals surface area contributed by atoms with Gasteiger partial charge in [0, 0.05) is 10.7 Å². The van der Waals surface area contributed by atoms with Crippen LogP contribution in [0, 0.1) is 5.92 Å². The van der Waals surface area contributed by atoms with E-state index in [0.717, 1.165) is 18.9 Å². The number of halogens is 1. The Kier molecular flexibility index (Phi) is 4.17. The molecule has 0 radical (unpaired) electrons. The molecule has 6 nitrogen and oxygen atoms in total. The highest BCUT2D eigenvalue weighted by atomic mass is 35.7. The van der Waals surface area contributed by atoms with Gasteiger partial charge in [0.05, 0.1) is 18.6 Å². The second-order valence-electron chi connectivity index (χ2n) is 4.63. The van der Waals surface area contributed by atoms with Crippen LogP contribution in [0.2, 0.25) is 0 Å². The molecule has 1 aliphatic carbocycles. The number of benzene rings is 1. The van der Waals surface area contributed by atoms with Crippen LogP contribution in [0.4, 0.5) is 5.69 Å². The van der Waals surface area contributed by atoms with E-state index in [4.69, 9.17) is 15.4 Å². The first-order valence-corrected chi connectivity index (χ1v) is 9.80.